The van der Waals surface area contributed by atoms with Crippen molar-refractivity contribution in [3.05, 3.63) is 35.4 Å². The van der Waals surface area contributed by atoms with Crippen molar-refractivity contribution in [2.75, 3.05) is 6.54 Å². The fourth-order valence-corrected chi connectivity index (χ4v) is 2.72. The Bertz CT molecular complexity index is 397. The molecule has 1 aromatic rings. The van der Waals surface area contributed by atoms with Crippen LogP contribution in [0.1, 0.15) is 48.0 Å². The minimum absolute atomic E-state index is 0.343. The molecule has 0 heterocycles. The van der Waals surface area contributed by atoms with Crippen LogP contribution in [0, 0.1) is 5.92 Å². The number of nitrogens with one attached hydrogen (secondary N) is 1. The van der Waals surface area contributed by atoms with Crippen molar-refractivity contribution >= 4 is 5.91 Å². The van der Waals surface area contributed by atoms with Crippen molar-refractivity contribution in [3.8, 4) is 0 Å². The summed E-state index contributed by atoms with van der Waals surface area (Å²) < 4.78 is 0. The predicted octanol–water partition coefficient (Wildman–Crippen LogP) is 2.46. The van der Waals surface area contributed by atoms with Crippen molar-refractivity contribution < 1.29 is 4.79 Å². The van der Waals surface area contributed by atoms with E-state index in [0.29, 0.717) is 5.56 Å². The molecule has 0 bridgehead atoms. The molecule has 0 radical (unpaired) electrons. The van der Waals surface area contributed by atoms with E-state index in [-0.39, 0.29) is 5.91 Å². The Morgan fingerprint density at radius 2 is 1.94 bits per heavy atom. The number of rotatable bonds is 5. The van der Waals surface area contributed by atoms with Crippen molar-refractivity contribution in [1.82, 2.24) is 5.32 Å². The van der Waals surface area contributed by atoms with Gasteiger partial charge in [-0.2, -0.15) is 0 Å². The summed E-state index contributed by atoms with van der Waals surface area (Å²) in [4.78, 5) is 11.3. The molecule has 1 aliphatic rings. The number of carbonyl (C=O) groups is 1. The molecular formula is C15H22N2O. The maximum Gasteiger partial charge on any atom is 0.249 e. The van der Waals surface area contributed by atoms with Crippen molar-refractivity contribution in [1.29, 1.82) is 0 Å². The van der Waals surface area contributed by atoms with Gasteiger partial charge in [0.05, 0.1) is 0 Å². The highest BCUT2D eigenvalue weighted by Crippen LogP contribution is 2.22. The smallest absolute Gasteiger partial charge is 0.249 e. The topological polar surface area (TPSA) is 55.1 Å². The molecule has 1 saturated carbocycles. The Labute approximate surface area is 109 Å². The molecule has 0 aromatic heterocycles. The van der Waals surface area contributed by atoms with Gasteiger partial charge < -0.3 is 11.1 Å². The Morgan fingerprint density at radius 3 is 2.67 bits per heavy atom. The minimum Gasteiger partial charge on any atom is -0.366 e. The van der Waals surface area contributed by atoms with Gasteiger partial charge in [-0.15, -0.1) is 0 Å². The number of amides is 1. The number of hydrogen-bond donors (Lipinski definition) is 2. The molecule has 2 rings (SSSR count). The van der Waals surface area contributed by atoms with Crippen LogP contribution in [0.5, 0.6) is 0 Å². The van der Waals surface area contributed by atoms with Crippen LogP contribution in [0.25, 0.3) is 0 Å². The average Bonchev–Trinajstić information content (AvgIpc) is 2.40. The van der Waals surface area contributed by atoms with Crippen LogP contribution in [0.3, 0.4) is 0 Å². The van der Waals surface area contributed by atoms with Gasteiger partial charge in [0, 0.05) is 12.1 Å². The lowest BCUT2D eigenvalue weighted by Crippen LogP contribution is -2.25. The van der Waals surface area contributed by atoms with Gasteiger partial charge >= 0.3 is 0 Å². The van der Waals surface area contributed by atoms with Gasteiger partial charge in [0.15, 0.2) is 0 Å². The third kappa shape index (κ3) is 3.57. The SMILES string of the molecule is NC(=O)c1ccccc1CNCC1CCCCC1. The molecule has 1 amide bonds. The second kappa shape index (κ2) is 6.55. The van der Waals surface area contributed by atoms with E-state index < -0.39 is 0 Å². The van der Waals surface area contributed by atoms with Gasteiger partial charge in [-0.3, -0.25) is 4.79 Å². The lowest BCUT2D eigenvalue weighted by Gasteiger charge is -2.22. The summed E-state index contributed by atoms with van der Waals surface area (Å²) in [6.45, 7) is 1.78. The molecule has 3 N–H and O–H groups in total. The zero-order valence-corrected chi connectivity index (χ0v) is 10.8. The van der Waals surface area contributed by atoms with Crippen molar-refractivity contribution in [2.45, 2.75) is 38.6 Å². The van der Waals surface area contributed by atoms with E-state index in [1.165, 1.54) is 32.1 Å². The minimum atomic E-state index is -0.343. The first-order valence-electron chi connectivity index (χ1n) is 6.86. The molecular weight excluding hydrogens is 224 g/mol. The predicted molar refractivity (Wildman–Crippen MR) is 73.2 cm³/mol. The third-order valence-electron chi connectivity index (χ3n) is 3.76. The molecule has 0 aliphatic heterocycles. The number of primary amides is 1. The van der Waals surface area contributed by atoms with Crippen LogP contribution in [0.2, 0.25) is 0 Å². The first-order chi connectivity index (χ1) is 8.77. The molecule has 1 fully saturated rings. The highest BCUT2D eigenvalue weighted by Gasteiger charge is 2.13. The monoisotopic (exact) mass is 246 g/mol. The maximum absolute atomic E-state index is 11.3. The maximum atomic E-state index is 11.3. The summed E-state index contributed by atoms with van der Waals surface area (Å²) in [5, 5.41) is 3.46. The van der Waals surface area contributed by atoms with Gasteiger partial charge in [0.1, 0.15) is 0 Å². The van der Waals surface area contributed by atoms with Crippen LogP contribution in [-0.4, -0.2) is 12.5 Å². The molecule has 18 heavy (non-hydrogen) atoms. The first-order valence-corrected chi connectivity index (χ1v) is 6.86. The van der Waals surface area contributed by atoms with Crippen molar-refractivity contribution in [3.63, 3.8) is 0 Å². The Morgan fingerprint density at radius 1 is 1.22 bits per heavy atom. The van der Waals surface area contributed by atoms with Crippen LogP contribution >= 0.6 is 0 Å². The summed E-state index contributed by atoms with van der Waals surface area (Å²) in [5.74, 6) is 0.463. The van der Waals surface area contributed by atoms with Gasteiger partial charge in [0.25, 0.3) is 0 Å². The molecule has 98 valence electrons. The van der Waals surface area contributed by atoms with Crippen LogP contribution in [-0.2, 0) is 6.54 Å². The zero-order valence-electron chi connectivity index (χ0n) is 10.8. The Hall–Kier alpha value is -1.35. The molecule has 0 unspecified atom stereocenters. The summed E-state index contributed by atoms with van der Waals surface area (Å²) in [6, 6.07) is 7.56. The molecule has 3 heteroatoms. The van der Waals surface area contributed by atoms with E-state index in [4.69, 9.17) is 5.73 Å². The summed E-state index contributed by atoms with van der Waals surface area (Å²) in [5.41, 5.74) is 7.00. The normalized spacial score (nSPS) is 16.7. The standard InChI is InChI=1S/C15H22N2O/c16-15(18)14-9-5-4-8-13(14)11-17-10-12-6-2-1-3-7-12/h4-5,8-9,12,17H,1-3,6-7,10-11H2,(H2,16,18). The van der Waals surface area contributed by atoms with Crippen molar-refractivity contribution in [2.24, 2.45) is 11.7 Å². The third-order valence-corrected chi connectivity index (χ3v) is 3.76. The second-order valence-corrected chi connectivity index (χ2v) is 5.16. The van der Waals surface area contributed by atoms with E-state index in [0.717, 1.165) is 24.6 Å². The van der Waals surface area contributed by atoms with Crippen LogP contribution < -0.4 is 11.1 Å². The van der Waals surface area contributed by atoms with Gasteiger partial charge in [-0.25, -0.2) is 0 Å². The molecule has 0 atom stereocenters. The zero-order chi connectivity index (χ0) is 12.8. The van der Waals surface area contributed by atoms with E-state index >= 15 is 0 Å². The Kier molecular flexibility index (Phi) is 4.76. The summed E-state index contributed by atoms with van der Waals surface area (Å²) >= 11 is 0. The summed E-state index contributed by atoms with van der Waals surface area (Å²) in [7, 11) is 0. The Balaban J connectivity index is 1.84. The van der Waals surface area contributed by atoms with E-state index in [1.807, 2.05) is 18.2 Å². The van der Waals surface area contributed by atoms with Gasteiger partial charge in [-0.05, 0) is 36.9 Å². The van der Waals surface area contributed by atoms with Gasteiger partial charge in [-0.1, -0.05) is 37.5 Å². The number of benzene rings is 1. The van der Waals surface area contributed by atoms with E-state index in [9.17, 15) is 4.79 Å². The molecule has 0 saturated heterocycles. The highest BCUT2D eigenvalue weighted by molar-refractivity contribution is 5.94. The largest absolute Gasteiger partial charge is 0.366 e. The second-order valence-electron chi connectivity index (χ2n) is 5.16. The summed E-state index contributed by atoms with van der Waals surface area (Å²) in [6.07, 6.45) is 6.80. The number of nitrogens with two attached hydrogens (primary N) is 1. The lowest BCUT2D eigenvalue weighted by molar-refractivity contribution is 0.0999. The molecule has 1 aliphatic carbocycles. The highest BCUT2D eigenvalue weighted by atomic mass is 16.1. The molecule has 0 spiro atoms. The van der Waals surface area contributed by atoms with Gasteiger partial charge in [0.2, 0.25) is 5.91 Å². The van der Waals surface area contributed by atoms with E-state index in [1.54, 1.807) is 6.07 Å². The average molecular weight is 246 g/mol. The quantitative estimate of drug-likeness (QED) is 0.838. The first kappa shape index (κ1) is 13.1. The number of carbonyl (C=O) groups excluding carboxylic acids is 1. The fourth-order valence-electron chi connectivity index (χ4n) is 2.72. The molecule has 3 nitrogen and oxygen atoms in total. The van der Waals surface area contributed by atoms with Crippen LogP contribution in [0.15, 0.2) is 24.3 Å². The van der Waals surface area contributed by atoms with E-state index in [2.05, 4.69) is 5.32 Å². The lowest BCUT2D eigenvalue weighted by atomic mass is 9.89. The number of hydrogen-bond acceptors (Lipinski definition) is 2. The molecule has 1 aromatic carbocycles. The fraction of sp³-hybridized carbons (Fsp3) is 0.533. The van der Waals surface area contributed by atoms with Crippen LogP contribution in [0.4, 0.5) is 0 Å².